The fourth-order valence-corrected chi connectivity index (χ4v) is 8.29. The highest BCUT2D eigenvalue weighted by Crippen LogP contribution is 2.66. The largest absolute Gasteiger partial charge is 0.462 e. The van der Waals surface area contributed by atoms with Crippen molar-refractivity contribution in [2.75, 3.05) is 0 Å². The summed E-state index contributed by atoms with van der Waals surface area (Å²) >= 11 is 3.66. The van der Waals surface area contributed by atoms with Crippen LogP contribution in [-0.2, 0) is 14.3 Å². The van der Waals surface area contributed by atoms with Gasteiger partial charge in [0.05, 0.1) is 4.83 Å². The molecule has 0 radical (unpaired) electrons. The molecule has 0 aromatic rings. The lowest BCUT2D eigenvalue weighted by atomic mass is 9.45. The molecule has 140 valence electrons. The van der Waals surface area contributed by atoms with Crippen molar-refractivity contribution in [3.63, 3.8) is 0 Å². The third-order valence-corrected chi connectivity index (χ3v) is 9.54. The van der Waals surface area contributed by atoms with Crippen LogP contribution in [0.15, 0.2) is 0 Å². The van der Waals surface area contributed by atoms with Crippen molar-refractivity contribution in [3.05, 3.63) is 0 Å². The predicted octanol–water partition coefficient (Wildman–Crippen LogP) is 4.90. The number of hydrogen-bond acceptors (Lipinski definition) is 3. The zero-order chi connectivity index (χ0) is 18.0. The third-order valence-electron chi connectivity index (χ3n) is 8.70. The molecule has 0 bridgehead atoms. The van der Waals surface area contributed by atoms with E-state index in [4.69, 9.17) is 4.74 Å². The summed E-state index contributed by atoms with van der Waals surface area (Å²) in [6.45, 7) is 6.39. The van der Waals surface area contributed by atoms with E-state index in [1.54, 1.807) is 6.92 Å². The van der Waals surface area contributed by atoms with E-state index in [1.807, 2.05) is 0 Å². The van der Waals surface area contributed by atoms with Crippen molar-refractivity contribution < 1.29 is 14.3 Å². The van der Waals surface area contributed by atoms with E-state index in [2.05, 4.69) is 29.8 Å². The highest BCUT2D eigenvalue weighted by Gasteiger charge is 2.61. The zero-order valence-corrected chi connectivity index (χ0v) is 17.3. The minimum absolute atomic E-state index is 0.0539. The number of rotatable bonds is 1. The highest BCUT2D eigenvalue weighted by molar-refractivity contribution is 9.10. The number of ether oxygens (including phenoxy) is 1. The third kappa shape index (κ3) is 2.64. The van der Waals surface area contributed by atoms with Crippen molar-refractivity contribution in [3.8, 4) is 0 Å². The van der Waals surface area contributed by atoms with Crippen LogP contribution in [0.2, 0.25) is 0 Å². The second-order valence-electron chi connectivity index (χ2n) is 9.72. The molecule has 0 aliphatic heterocycles. The molecule has 4 fully saturated rings. The molecule has 4 heteroatoms. The Hall–Kier alpha value is -0.380. The SMILES string of the molecule is CC(=O)OC1CC[C@H]2[C@@H]3CC[C@H]4CC(=O)C(Br)C[C@]4(C)[C@H]3CC[C@]12C. The number of halogens is 1. The van der Waals surface area contributed by atoms with Gasteiger partial charge < -0.3 is 4.74 Å². The molecule has 4 aliphatic carbocycles. The van der Waals surface area contributed by atoms with Crippen molar-refractivity contribution in [2.45, 2.75) is 83.1 Å². The molecule has 0 amide bonds. The molecule has 2 unspecified atom stereocenters. The van der Waals surface area contributed by atoms with Gasteiger partial charge in [-0.2, -0.15) is 0 Å². The Morgan fingerprint density at radius 3 is 2.52 bits per heavy atom. The number of esters is 1. The van der Waals surface area contributed by atoms with Crippen LogP contribution in [0, 0.1) is 34.5 Å². The topological polar surface area (TPSA) is 43.4 Å². The molecule has 0 spiro atoms. The van der Waals surface area contributed by atoms with Gasteiger partial charge in [0.25, 0.3) is 0 Å². The van der Waals surface area contributed by atoms with E-state index in [1.165, 1.54) is 32.1 Å². The van der Waals surface area contributed by atoms with Crippen LogP contribution in [-0.4, -0.2) is 22.7 Å². The maximum atomic E-state index is 12.2. The standard InChI is InChI=1S/C21H31BrO3/c1-12(23)25-19-7-6-15-14-5-4-13-10-18(24)17(22)11-21(13,3)16(14)8-9-20(15,19)2/h13-17,19H,4-11H2,1-3H3/t13-,14-,15-,16-,17?,19?,20-,21-/m0/s1. The minimum Gasteiger partial charge on any atom is -0.462 e. The van der Waals surface area contributed by atoms with Gasteiger partial charge in [0.1, 0.15) is 11.9 Å². The second-order valence-corrected chi connectivity index (χ2v) is 10.8. The molecular formula is C21H31BrO3. The Bertz CT molecular complexity index is 590. The number of carbonyl (C=O) groups is 2. The Kier molecular flexibility index (Phi) is 4.37. The summed E-state index contributed by atoms with van der Waals surface area (Å²) in [4.78, 5) is 23.8. The van der Waals surface area contributed by atoms with Gasteiger partial charge in [-0.25, -0.2) is 0 Å². The number of fused-ring (bicyclic) bond motifs is 5. The van der Waals surface area contributed by atoms with E-state index in [0.29, 0.717) is 23.0 Å². The fraction of sp³-hybridized carbons (Fsp3) is 0.905. The molecule has 3 nitrogen and oxygen atoms in total. The van der Waals surface area contributed by atoms with Gasteiger partial charge in [-0.15, -0.1) is 0 Å². The predicted molar refractivity (Wildman–Crippen MR) is 100 cm³/mol. The van der Waals surface area contributed by atoms with Gasteiger partial charge >= 0.3 is 5.97 Å². The van der Waals surface area contributed by atoms with Crippen molar-refractivity contribution in [1.29, 1.82) is 0 Å². The first-order chi connectivity index (χ1) is 11.8. The van der Waals surface area contributed by atoms with Crippen LogP contribution < -0.4 is 0 Å². The summed E-state index contributed by atoms with van der Waals surface area (Å²) in [6, 6.07) is 0. The van der Waals surface area contributed by atoms with Crippen LogP contribution >= 0.6 is 15.9 Å². The zero-order valence-electron chi connectivity index (χ0n) is 15.7. The Balaban J connectivity index is 1.59. The van der Waals surface area contributed by atoms with Crippen molar-refractivity contribution >= 4 is 27.7 Å². The maximum Gasteiger partial charge on any atom is 0.302 e. The van der Waals surface area contributed by atoms with Crippen LogP contribution in [0.25, 0.3) is 0 Å². The molecule has 4 aliphatic rings. The molecule has 25 heavy (non-hydrogen) atoms. The minimum atomic E-state index is -0.127. The van der Waals surface area contributed by atoms with Crippen molar-refractivity contribution in [2.24, 2.45) is 34.5 Å². The van der Waals surface area contributed by atoms with Gasteiger partial charge in [-0.1, -0.05) is 29.8 Å². The Morgan fingerprint density at radius 1 is 1.08 bits per heavy atom. The molecular weight excluding hydrogens is 380 g/mol. The molecule has 0 N–H and O–H groups in total. The van der Waals surface area contributed by atoms with Gasteiger partial charge in [-0.05, 0) is 74.0 Å². The first-order valence-corrected chi connectivity index (χ1v) is 11.0. The summed E-state index contributed by atoms with van der Waals surface area (Å²) in [5.41, 5.74) is 0.458. The van der Waals surface area contributed by atoms with E-state index >= 15 is 0 Å². The summed E-state index contributed by atoms with van der Waals surface area (Å²) in [5, 5.41) is 0. The number of carbonyl (C=O) groups excluding carboxylic acids is 2. The van der Waals surface area contributed by atoms with E-state index in [-0.39, 0.29) is 22.3 Å². The van der Waals surface area contributed by atoms with Crippen LogP contribution in [0.3, 0.4) is 0 Å². The van der Waals surface area contributed by atoms with Gasteiger partial charge in [0.15, 0.2) is 0 Å². The maximum absolute atomic E-state index is 12.2. The number of alkyl halides is 1. The van der Waals surface area contributed by atoms with Gasteiger partial charge in [0, 0.05) is 18.8 Å². The molecule has 0 aromatic heterocycles. The molecule has 4 rings (SSSR count). The summed E-state index contributed by atoms with van der Waals surface area (Å²) in [7, 11) is 0. The Morgan fingerprint density at radius 2 is 1.80 bits per heavy atom. The van der Waals surface area contributed by atoms with E-state index in [9.17, 15) is 9.59 Å². The lowest BCUT2D eigenvalue weighted by Crippen LogP contribution is -2.55. The van der Waals surface area contributed by atoms with Crippen molar-refractivity contribution in [1.82, 2.24) is 0 Å². The van der Waals surface area contributed by atoms with Gasteiger partial charge in [-0.3, -0.25) is 9.59 Å². The average Bonchev–Trinajstić information content (AvgIpc) is 2.85. The van der Waals surface area contributed by atoms with E-state index in [0.717, 1.165) is 31.1 Å². The average molecular weight is 411 g/mol. The molecule has 0 saturated heterocycles. The highest BCUT2D eigenvalue weighted by atomic mass is 79.9. The molecule has 0 heterocycles. The smallest absolute Gasteiger partial charge is 0.302 e. The normalized spacial score (nSPS) is 52.1. The summed E-state index contributed by atoms with van der Waals surface area (Å²) in [5.74, 6) is 3.02. The monoisotopic (exact) mass is 410 g/mol. The Labute approximate surface area is 159 Å². The first kappa shape index (κ1) is 18.0. The van der Waals surface area contributed by atoms with Crippen LogP contribution in [0.4, 0.5) is 0 Å². The fourth-order valence-electron chi connectivity index (χ4n) is 7.40. The quantitative estimate of drug-likeness (QED) is 0.455. The van der Waals surface area contributed by atoms with E-state index < -0.39 is 0 Å². The molecule has 0 aromatic carbocycles. The lowest BCUT2D eigenvalue weighted by molar-refractivity contribution is -0.161. The van der Waals surface area contributed by atoms with Crippen LogP contribution in [0.1, 0.15) is 72.1 Å². The summed E-state index contributed by atoms with van der Waals surface area (Å²) in [6.07, 6.45) is 8.99. The van der Waals surface area contributed by atoms with Crippen LogP contribution in [0.5, 0.6) is 0 Å². The number of ketones is 1. The lowest BCUT2D eigenvalue weighted by Gasteiger charge is -2.60. The van der Waals surface area contributed by atoms with Gasteiger partial charge in [0.2, 0.25) is 0 Å². The number of hydrogen-bond donors (Lipinski definition) is 0. The molecule has 8 atom stereocenters. The molecule has 4 saturated carbocycles. The number of Topliss-reactive ketones (excluding diaryl/α,β-unsaturated/α-hetero) is 1. The first-order valence-electron chi connectivity index (χ1n) is 10.1. The summed E-state index contributed by atoms with van der Waals surface area (Å²) < 4.78 is 5.74. The second kappa shape index (κ2) is 6.07.